The molecule has 2 heterocycles. The SMILES string of the molecule is CC(C)(CCn1cnc2cc(C(=O)NCc3nccs3)ccc21)NC[C@H](O)c1cccc(NS(=O)(=O)c2ccccc2)c1. The normalized spacial score (nSPS) is 12.7. The Morgan fingerprint density at radius 3 is 2.63 bits per heavy atom. The van der Waals surface area contributed by atoms with Crippen LogP contribution in [0.25, 0.3) is 11.0 Å². The highest BCUT2D eigenvalue weighted by Gasteiger charge is 2.21. The molecule has 5 rings (SSSR count). The second-order valence-corrected chi connectivity index (χ2v) is 13.5. The molecule has 224 valence electrons. The molecular weight excluding hydrogens is 585 g/mol. The molecule has 4 N–H and O–H groups in total. The Balaban J connectivity index is 1.15. The number of amides is 1. The Morgan fingerprint density at radius 2 is 1.86 bits per heavy atom. The van der Waals surface area contributed by atoms with Gasteiger partial charge in [-0.3, -0.25) is 9.52 Å². The van der Waals surface area contributed by atoms with E-state index in [1.165, 1.54) is 23.5 Å². The number of carbonyl (C=O) groups is 1. The van der Waals surface area contributed by atoms with E-state index in [-0.39, 0.29) is 22.9 Å². The fourth-order valence-corrected chi connectivity index (χ4v) is 6.21. The summed E-state index contributed by atoms with van der Waals surface area (Å²) in [6, 6.07) is 20.4. The number of aliphatic hydroxyl groups excluding tert-OH is 1. The second-order valence-electron chi connectivity index (χ2n) is 10.8. The van der Waals surface area contributed by atoms with Crippen LogP contribution in [0.4, 0.5) is 5.69 Å². The third-order valence-corrected chi connectivity index (χ3v) is 9.27. The molecule has 0 aliphatic rings. The van der Waals surface area contributed by atoms with E-state index < -0.39 is 16.1 Å². The van der Waals surface area contributed by atoms with Crippen molar-refractivity contribution >= 4 is 44.0 Å². The van der Waals surface area contributed by atoms with Crippen LogP contribution >= 0.6 is 11.3 Å². The number of β-amino-alcohol motifs (C(OH)–C–C–N with tert-alkyl or cyclic N) is 1. The van der Waals surface area contributed by atoms with Gasteiger partial charge in [0.15, 0.2) is 0 Å². The van der Waals surface area contributed by atoms with E-state index in [2.05, 4.69) is 43.7 Å². The zero-order valence-electron chi connectivity index (χ0n) is 23.9. The highest BCUT2D eigenvalue weighted by molar-refractivity contribution is 7.92. The minimum absolute atomic E-state index is 0.170. The van der Waals surface area contributed by atoms with Crippen LogP contribution in [-0.4, -0.2) is 46.1 Å². The molecule has 0 aliphatic heterocycles. The molecule has 0 spiro atoms. The summed E-state index contributed by atoms with van der Waals surface area (Å²) < 4.78 is 30.0. The van der Waals surface area contributed by atoms with Crippen LogP contribution in [0, 0.1) is 0 Å². The quantitative estimate of drug-likeness (QED) is 0.150. The average molecular weight is 619 g/mol. The van der Waals surface area contributed by atoms with Crippen molar-refractivity contribution in [2.45, 2.75) is 49.9 Å². The summed E-state index contributed by atoms with van der Waals surface area (Å²) in [4.78, 5) is 21.4. The topological polar surface area (TPSA) is 138 Å². The van der Waals surface area contributed by atoms with Crippen LogP contribution in [0.15, 0.2) is 95.6 Å². The van der Waals surface area contributed by atoms with E-state index >= 15 is 0 Å². The predicted octanol–water partition coefficient (Wildman–Crippen LogP) is 4.72. The van der Waals surface area contributed by atoms with Gasteiger partial charge in [-0.25, -0.2) is 18.4 Å². The number of benzene rings is 3. The summed E-state index contributed by atoms with van der Waals surface area (Å²) in [5.41, 5.74) is 2.88. The minimum Gasteiger partial charge on any atom is -0.387 e. The van der Waals surface area contributed by atoms with Crippen LogP contribution in [0.3, 0.4) is 0 Å². The number of hydrogen-bond donors (Lipinski definition) is 4. The van der Waals surface area contributed by atoms with Gasteiger partial charge in [-0.2, -0.15) is 0 Å². The number of aromatic nitrogens is 3. The van der Waals surface area contributed by atoms with Crippen molar-refractivity contribution in [3.63, 3.8) is 0 Å². The van der Waals surface area contributed by atoms with Gasteiger partial charge < -0.3 is 20.3 Å². The van der Waals surface area contributed by atoms with Crippen LogP contribution in [0.2, 0.25) is 0 Å². The second kappa shape index (κ2) is 13.0. The molecule has 0 bridgehead atoms. The lowest BCUT2D eigenvalue weighted by atomic mass is 9.99. The van der Waals surface area contributed by atoms with Crippen LogP contribution in [0.1, 0.15) is 47.3 Å². The van der Waals surface area contributed by atoms with Gasteiger partial charge in [0.25, 0.3) is 15.9 Å². The number of aliphatic hydroxyl groups is 1. The van der Waals surface area contributed by atoms with E-state index in [1.807, 2.05) is 11.4 Å². The lowest BCUT2D eigenvalue weighted by molar-refractivity contribution is 0.0951. The van der Waals surface area contributed by atoms with E-state index in [0.29, 0.717) is 29.9 Å². The number of anilines is 1. The number of nitrogens with one attached hydrogen (secondary N) is 3. The average Bonchev–Trinajstić information content (AvgIpc) is 3.68. The lowest BCUT2D eigenvalue weighted by Crippen LogP contribution is -2.42. The zero-order chi connectivity index (χ0) is 30.5. The predicted molar refractivity (Wildman–Crippen MR) is 168 cm³/mol. The number of imidazole rings is 1. The molecule has 0 fully saturated rings. The number of carbonyl (C=O) groups excluding carboxylic acids is 1. The van der Waals surface area contributed by atoms with Crippen molar-refractivity contribution < 1.29 is 18.3 Å². The lowest BCUT2D eigenvalue weighted by Gasteiger charge is -2.28. The van der Waals surface area contributed by atoms with Crippen molar-refractivity contribution in [1.29, 1.82) is 0 Å². The van der Waals surface area contributed by atoms with Crippen molar-refractivity contribution in [2.24, 2.45) is 0 Å². The van der Waals surface area contributed by atoms with Gasteiger partial charge in [0.2, 0.25) is 0 Å². The maximum absolute atomic E-state index is 12.7. The molecule has 5 aromatic rings. The molecule has 2 aromatic heterocycles. The smallest absolute Gasteiger partial charge is 0.261 e. The van der Waals surface area contributed by atoms with Gasteiger partial charge in [-0.05, 0) is 68.3 Å². The van der Waals surface area contributed by atoms with E-state index in [9.17, 15) is 18.3 Å². The number of aryl methyl sites for hydroxylation is 1. The van der Waals surface area contributed by atoms with E-state index in [1.54, 1.807) is 67.1 Å². The summed E-state index contributed by atoms with van der Waals surface area (Å²) in [7, 11) is -3.73. The van der Waals surface area contributed by atoms with Gasteiger partial charge in [-0.1, -0.05) is 30.3 Å². The van der Waals surface area contributed by atoms with Crippen LogP contribution < -0.4 is 15.4 Å². The van der Waals surface area contributed by atoms with Gasteiger partial charge in [-0.15, -0.1) is 11.3 Å². The number of fused-ring (bicyclic) bond motifs is 1. The summed E-state index contributed by atoms with van der Waals surface area (Å²) in [5.74, 6) is -0.172. The first-order chi connectivity index (χ1) is 20.6. The highest BCUT2D eigenvalue weighted by atomic mass is 32.2. The van der Waals surface area contributed by atoms with Gasteiger partial charge in [0.05, 0.1) is 34.9 Å². The number of thiazole rings is 1. The van der Waals surface area contributed by atoms with Gasteiger partial charge in [0.1, 0.15) is 5.01 Å². The van der Waals surface area contributed by atoms with E-state index in [0.717, 1.165) is 22.5 Å². The zero-order valence-corrected chi connectivity index (χ0v) is 25.5. The Labute approximate surface area is 254 Å². The van der Waals surface area contributed by atoms with Crippen molar-refractivity contribution in [2.75, 3.05) is 11.3 Å². The number of sulfonamides is 1. The molecule has 1 atom stereocenters. The molecular formula is C31H34N6O4S2. The molecule has 0 saturated heterocycles. The third-order valence-electron chi connectivity index (χ3n) is 7.10. The fraction of sp³-hybridized carbons (Fsp3) is 0.258. The Hall–Kier alpha value is -4.10. The summed E-state index contributed by atoms with van der Waals surface area (Å²) >= 11 is 1.50. The standard InChI is InChI=1S/C31H34N6O4S2/c1-31(2,35-19-28(38)22-7-6-8-24(17-22)36-43(40,41)25-9-4-3-5-10-25)13-15-37-21-34-26-18-23(11-12-27(26)37)30(39)33-20-29-32-14-16-42-29/h3-12,14,16-18,21,28,35-36,38H,13,15,19-20H2,1-2H3,(H,33,39)/t28-/m0/s1. The number of nitrogens with zero attached hydrogens (tertiary/aromatic N) is 3. The Morgan fingerprint density at radius 1 is 1.05 bits per heavy atom. The molecule has 0 saturated carbocycles. The first-order valence-corrected chi connectivity index (χ1v) is 16.2. The van der Waals surface area contributed by atoms with Crippen LogP contribution in [0.5, 0.6) is 0 Å². The fourth-order valence-electron chi connectivity index (χ4n) is 4.58. The van der Waals surface area contributed by atoms with Gasteiger partial charge >= 0.3 is 0 Å². The molecule has 0 radical (unpaired) electrons. The summed E-state index contributed by atoms with van der Waals surface area (Å²) in [6.07, 6.45) is 3.40. The number of hydrogen-bond acceptors (Lipinski definition) is 8. The Bertz CT molecular complexity index is 1790. The van der Waals surface area contributed by atoms with Crippen molar-refractivity contribution in [3.05, 3.63) is 107 Å². The van der Waals surface area contributed by atoms with Crippen molar-refractivity contribution in [3.8, 4) is 0 Å². The molecule has 43 heavy (non-hydrogen) atoms. The molecule has 0 aliphatic carbocycles. The molecule has 10 nitrogen and oxygen atoms in total. The molecule has 3 aromatic carbocycles. The van der Waals surface area contributed by atoms with E-state index in [4.69, 9.17) is 0 Å². The summed E-state index contributed by atoms with van der Waals surface area (Å²) in [6.45, 7) is 5.48. The largest absolute Gasteiger partial charge is 0.387 e. The molecule has 1 amide bonds. The third kappa shape index (κ3) is 7.85. The minimum atomic E-state index is -3.73. The monoisotopic (exact) mass is 618 g/mol. The maximum Gasteiger partial charge on any atom is 0.261 e. The van der Waals surface area contributed by atoms with Gasteiger partial charge in [0, 0.05) is 41.5 Å². The molecule has 12 heteroatoms. The highest BCUT2D eigenvalue weighted by Crippen LogP contribution is 2.22. The first-order valence-electron chi connectivity index (χ1n) is 13.8. The van der Waals surface area contributed by atoms with Crippen molar-refractivity contribution in [1.82, 2.24) is 25.2 Å². The molecule has 0 unspecified atom stereocenters. The summed E-state index contributed by atoms with van der Waals surface area (Å²) in [5, 5.41) is 19.9. The maximum atomic E-state index is 12.7. The number of rotatable bonds is 13. The Kier molecular flexibility index (Phi) is 9.21. The first kappa shape index (κ1) is 30.4. The van der Waals surface area contributed by atoms with Crippen LogP contribution in [-0.2, 0) is 23.1 Å².